The lowest BCUT2D eigenvalue weighted by molar-refractivity contribution is 0.0956. The Morgan fingerprint density at radius 1 is 1.58 bits per heavy atom. The van der Waals surface area contributed by atoms with Gasteiger partial charge >= 0.3 is 0 Å². The quantitative estimate of drug-likeness (QED) is 0.501. The molecule has 19 heavy (non-hydrogen) atoms. The van der Waals surface area contributed by atoms with E-state index in [1.807, 2.05) is 6.92 Å². The molecule has 2 rings (SSSR count). The number of thiazole rings is 1. The molecule has 1 aliphatic rings. The highest BCUT2D eigenvalue weighted by atomic mass is 32.1. The van der Waals surface area contributed by atoms with Gasteiger partial charge in [0, 0.05) is 6.04 Å². The van der Waals surface area contributed by atoms with E-state index in [4.69, 9.17) is 5.84 Å². The summed E-state index contributed by atoms with van der Waals surface area (Å²) >= 11 is 1.47. The summed E-state index contributed by atoms with van der Waals surface area (Å²) in [7, 11) is 0. The van der Waals surface area contributed by atoms with Crippen LogP contribution in [0, 0.1) is 0 Å². The zero-order valence-electron chi connectivity index (χ0n) is 11.6. The SMILES string of the molecule is CCc1nc(CN2CCCCC2C)sc1C(=O)NN. The maximum Gasteiger partial charge on any atom is 0.277 e. The van der Waals surface area contributed by atoms with Crippen molar-refractivity contribution in [3.05, 3.63) is 15.6 Å². The summed E-state index contributed by atoms with van der Waals surface area (Å²) in [5, 5.41) is 1.02. The second-order valence-electron chi connectivity index (χ2n) is 5.03. The first-order valence-corrected chi connectivity index (χ1v) is 7.71. The number of nitrogens with one attached hydrogen (secondary N) is 1. The molecule has 0 radical (unpaired) electrons. The van der Waals surface area contributed by atoms with E-state index in [2.05, 4.69) is 22.2 Å². The average Bonchev–Trinajstić information content (AvgIpc) is 2.83. The maximum absolute atomic E-state index is 11.7. The van der Waals surface area contributed by atoms with E-state index in [-0.39, 0.29) is 5.91 Å². The minimum Gasteiger partial charge on any atom is -0.294 e. The van der Waals surface area contributed by atoms with Crippen LogP contribution in [0.1, 0.15) is 53.5 Å². The highest BCUT2D eigenvalue weighted by Gasteiger charge is 2.22. The Bertz CT molecular complexity index is 446. The predicted molar refractivity (Wildman–Crippen MR) is 76.9 cm³/mol. The van der Waals surface area contributed by atoms with Crippen LogP contribution in [0.4, 0.5) is 0 Å². The van der Waals surface area contributed by atoms with Crippen molar-refractivity contribution < 1.29 is 4.79 Å². The van der Waals surface area contributed by atoms with Crippen molar-refractivity contribution >= 4 is 17.2 Å². The topological polar surface area (TPSA) is 71.2 Å². The molecule has 1 fully saturated rings. The number of nitrogens with two attached hydrogens (primary N) is 1. The van der Waals surface area contributed by atoms with Gasteiger partial charge in [-0.25, -0.2) is 10.8 Å². The van der Waals surface area contributed by atoms with Gasteiger partial charge in [-0.15, -0.1) is 11.3 Å². The van der Waals surface area contributed by atoms with Crippen molar-refractivity contribution in [3.63, 3.8) is 0 Å². The molecule has 2 heterocycles. The Balaban J connectivity index is 2.12. The van der Waals surface area contributed by atoms with Gasteiger partial charge in [0.1, 0.15) is 9.88 Å². The lowest BCUT2D eigenvalue weighted by Crippen LogP contribution is -2.36. The van der Waals surface area contributed by atoms with E-state index >= 15 is 0 Å². The van der Waals surface area contributed by atoms with E-state index in [1.165, 1.54) is 30.6 Å². The van der Waals surface area contributed by atoms with Gasteiger partial charge in [0.2, 0.25) is 0 Å². The molecule has 6 heteroatoms. The van der Waals surface area contributed by atoms with Crippen molar-refractivity contribution in [1.82, 2.24) is 15.3 Å². The monoisotopic (exact) mass is 282 g/mol. The molecule has 1 aromatic heterocycles. The van der Waals surface area contributed by atoms with E-state index in [0.29, 0.717) is 10.9 Å². The molecule has 106 valence electrons. The summed E-state index contributed by atoms with van der Waals surface area (Å²) in [6.45, 7) is 6.24. The number of likely N-dealkylation sites (tertiary alicyclic amines) is 1. The van der Waals surface area contributed by atoms with Crippen molar-refractivity contribution in [2.24, 2.45) is 5.84 Å². The molecule has 1 unspecified atom stereocenters. The van der Waals surface area contributed by atoms with Crippen LogP contribution >= 0.6 is 11.3 Å². The van der Waals surface area contributed by atoms with Gasteiger partial charge in [0.15, 0.2) is 0 Å². The molecule has 1 amide bonds. The summed E-state index contributed by atoms with van der Waals surface area (Å²) in [6.07, 6.45) is 4.58. The first kappa shape index (κ1) is 14.4. The van der Waals surface area contributed by atoms with Crippen LogP contribution in [0.15, 0.2) is 0 Å². The van der Waals surface area contributed by atoms with Gasteiger partial charge < -0.3 is 0 Å². The third-order valence-corrected chi connectivity index (χ3v) is 4.77. The molecule has 1 aliphatic heterocycles. The van der Waals surface area contributed by atoms with E-state index in [1.54, 1.807) is 0 Å². The maximum atomic E-state index is 11.7. The van der Waals surface area contributed by atoms with Crippen molar-refractivity contribution in [3.8, 4) is 0 Å². The number of hydrazine groups is 1. The number of nitrogen functional groups attached to an aromatic ring is 1. The fraction of sp³-hybridized carbons (Fsp3) is 0.692. The minimum atomic E-state index is -0.229. The van der Waals surface area contributed by atoms with Crippen LogP contribution in [0.2, 0.25) is 0 Å². The van der Waals surface area contributed by atoms with Gasteiger partial charge in [-0.1, -0.05) is 13.3 Å². The highest BCUT2D eigenvalue weighted by Crippen LogP contribution is 2.24. The van der Waals surface area contributed by atoms with Crippen LogP contribution in [0.5, 0.6) is 0 Å². The smallest absolute Gasteiger partial charge is 0.277 e. The Labute approximate surface area is 118 Å². The zero-order valence-corrected chi connectivity index (χ0v) is 12.4. The molecule has 1 saturated heterocycles. The fourth-order valence-electron chi connectivity index (χ4n) is 2.52. The molecule has 3 N–H and O–H groups in total. The number of rotatable bonds is 4. The number of piperidine rings is 1. The van der Waals surface area contributed by atoms with Crippen molar-refractivity contribution in [1.29, 1.82) is 0 Å². The van der Waals surface area contributed by atoms with Gasteiger partial charge in [-0.05, 0) is 32.7 Å². The summed E-state index contributed by atoms with van der Waals surface area (Å²) < 4.78 is 0. The number of carbonyl (C=O) groups excluding carboxylic acids is 1. The molecule has 0 spiro atoms. The largest absolute Gasteiger partial charge is 0.294 e. The van der Waals surface area contributed by atoms with E-state index in [9.17, 15) is 4.79 Å². The second kappa shape index (κ2) is 6.45. The third-order valence-electron chi connectivity index (χ3n) is 3.69. The van der Waals surface area contributed by atoms with Crippen LogP contribution in [0.25, 0.3) is 0 Å². The first-order valence-electron chi connectivity index (χ1n) is 6.89. The Morgan fingerprint density at radius 2 is 2.37 bits per heavy atom. The number of aromatic nitrogens is 1. The minimum absolute atomic E-state index is 0.229. The molecular weight excluding hydrogens is 260 g/mol. The highest BCUT2D eigenvalue weighted by molar-refractivity contribution is 7.13. The van der Waals surface area contributed by atoms with Crippen molar-refractivity contribution in [2.45, 2.75) is 52.1 Å². The summed E-state index contributed by atoms with van der Waals surface area (Å²) in [5.41, 5.74) is 3.05. The molecule has 0 aliphatic carbocycles. The molecule has 0 bridgehead atoms. The second-order valence-corrected chi connectivity index (χ2v) is 6.11. The van der Waals surface area contributed by atoms with Gasteiger partial charge in [-0.3, -0.25) is 15.1 Å². The van der Waals surface area contributed by atoms with Gasteiger partial charge in [-0.2, -0.15) is 0 Å². The Kier molecular flexibility index (Phi) is 4.90. The lowest BCUT2D eigenvalue weighted by Gasteiger charge is -2.32. The standard InChI is InChI=1S/C13H22N4OS/c1-3-10-12(13(18)16-14)19-11(15-10)8-17-7-5-4-6-9(17)2/h9H,3-8,14H2,1-2H3,(H,16,18). The van der Waals surface area contributed by atoms with Crippen LogP contribution < -0.4 is 11.3 Å². The summed E-state index contributed by atoms with van der Waals surface area (Å²) in [4.78, 5) is 19.4. The first-order chi connectivity index (χ1) is 9.15. The molecule has 1 aromatic rings. The van der Waals surface area contributed by atoms with E-state index in [0.717, 1.165) is 30.2 Å². The number of amides is 1. The number of hydrogen-bond acceptors (Lipinski definition) is 5. The Hall–Kier alpha value is -0.980. The predicted octanol–water partition coefficient (Wildman–Crippen LogP) is 1.68. The summed E-state index contributed by atoms with van der Waals surface area (Å²) in [5.74, 6) is 4.98. The van der Waals surface area contributed by atoms with Gasteiger partial charge in [0.25, 0.3) is 5.91 Å². The number of carbonyl (C=O) groups is 1. The zero-order chi connectivity index (χ0) is 13.8. The molecule has 0 aromatic carbocycles. The van der Waals surface area contributed by atoms with Crippen LogP contribution in [-0.4, -0.2) is 28.4 Å². The van der Waals surface area contributed by atoms with E-state index < -0.39 is 0 Å². The van der Waals surface area contributed by atoms with Crippen molar-refractivity contribution in [2.75, 3.05) is 6.54 Å². The molecular formula is C13H22N4OS. The fourth-order valence-corrected chi connectivity index (χ4v) is 3.60. The molecule has 0 saturated carbocycles. The summed E-state index contributed by atoms with van der Waals surface area (Å²) in [6, 6.07) is 0.606. The lowest BCUT2D eigenvalue weighted by atomic mass is 10.0. The van der Waals surface area contributed by atoms with Gasteiger partial charge in [0.05, 0.1) is 12.2 Å². The van der Waals surface area contributed by atoms with Crippen LogP contribution in [-0.2, 0) is 13.0 Å². The number of aryl methyl sites for hydroxylation is 1. The third kappa shape index (κ3) is 3.32. The molecule has 5 nitrogen and oxygen atoms in total. The van der Waals surface area contributed by atoms with Crippen LogP contribution in [0.3, 0.4) is 0 Å². The number of hydrogen-bond donors (Lipinski definition) is 2. The normalized spacial score (nSPS) is 20.5. The Morgan fingerprint density at radius 3 is 3.00 bits per heavy atom. The number of nitrogens with zero attached hydrogens (tertiary/aromatic N) is 2. The average molecular weight is 282 g/mol. The molecule has 1 atom stereocenters.